The van der Waals surface area contributed by atoms with Crippen LogP contribution < -0.4 is 118 Å². The summed E-state index contributed by atoms with van der Waals surface area (Å²) in [5.74, 6) is 0. The maximum Gasteiger partial charge on any atom is 1.00 e. The zero-order valence-corrected chi connectivity index (χ0v) is 16.9. The molecule has 0 saturated heterocycles. The first-order chi connectivity index (χ1) is 3.73. The van der Waals surface area contributed by atoms with Crippen molar-refractivity contribution in [3.63, 3.8) is 0 Å². The average Bonchev–Trinajstić information content (AvgIpc) is 1.19. The molecule has 0 heterocycles. The summed E-state index contributed by atoms with van der Waals surface area (Å²) in [5.41, 5.74) is 0. The molecule has 0 saturated carbocycles. The minimum absolute atomic E-state index is 0. The van der Waals surface area contributed by atoms with Gasteiger partial charge in [0.1, 0.15) is 0 Å². The molecule has 64 valence electrons. The molecule has 0 aromatic heterocycles. The van der Waals surface area contributed by atoms with Crippen molar-refractivity contribution in [1.82, 2.24) is 0 Å². The van der Waals surface area contributed by atoms with Crippen LogP contribution in [0, 0.1) is 0 Å². The quantitative estimate of drug-likeness (QED) is 0.214. The fraction of sp³-hybridized carbons (Fsp3) is 0. The predicted molar refractivity (Wildman–Crippen MR) is 29.4 cm³/mol. The van der Waals surface area contributed by atoms with E-state index in [1.165, 1.54) is 0 Å². The van der Waals surface area contributed by atoms with Gasteiger partial charge in [0.05, 0.1) is 0 Å². The summed E-state index contributed by atoms with van der Waals surface area (Å²) in [4.78, 5) is 30.1. The van der Waals surface area contributed by atoms with E-state index >= 15 is 0 Å². The molecule has 0 aliphatic rings. The second kappa shape index (κ2) is 20.8. The van der Waals surface area contributed by atoms with E-state index in [0.29, 0.717) is 0 Å². The SMILES string of the molecule is O=C(O)O.O=P(O)(O)O.[H-].[H-].[H-].[H-].[Na+].[Na+].[Na+].[Na+]. The molecule has 0 bridgehead atoms. The Balaban J connectivity index is -0.00000000494. The third-order valence-corrected chi connectivity index (χ3v) is 0. The van der Waals surface area contributed by atoms with Crippen LogP contribution in [0.4, 0.5) is 4.79 Å². The fourth-order valence-electron chi connectivity index (χ4n) is 0. The van der Waals surface area contributed by atoms with Crippen molar-refractivity contribution in [2.24, 2.45) is 0 Å². The summed E-state index contributed by atoms with van der Waals surface area (Å²) in [6.07, 6.45) is -1.83. The van der Waals surface area contributed by atoms with Crippen molar-refractivity contribution in [1.29, 1.82) is 0 Å². The Bertz CT molecular complexity index is 134. The molecule has 7 nitrogen and oxygen atoms in total. The maximum atomic E-state index is 8.88. The molecule has 13 heavy (non-hydrogen) atoms. The summed E-state index contributed by atoms with van der Waals surface area (Å²) in [6.45, 7) is 0. The molecule has 0 fully saturated rings. The Labute approximate surface area is 169 Å². The minimum Gasteiger partial charge on any atom is -1.00 e. The molecule has 0 atom stereocenters. The first-order valence-electron chi connectivity index (χ1n) is 1.43. The number of hydrogen-bond donors (Lipinski definition) is 5. The molecule has 0 rings (SSSR count). The Morgan fingerprint density at radius 2 is 0.923 bits per heavy atom. The fourth-order valence-corrected chi connectivity index (χ4v) is 0. The topological polar surface area (TPSA) is 135 Å². The van der Waals surface area contributed by atoms with E-state index in [1.807, 2.05) is 0 Å². The number of phosphoric acid groups is 1. The zero-order chi connectivity index (χ0) is 8.08. The molecule has 0 aromatic carbocycles. The first kappa shape index (κ1) is 36.0. The third-order valence-electron chi connectivity index (χ3n) is 0. The average molecular weight is 256 g/mol. The molecule has 5 N–H and O–H groups in total. The minimum atomic E-state index is -4.64. The van der Waals surface area contributed by atoms with Gasteiger partial charge in [-0.05, 0) is 0 Å². The standard InChI is InChI=1S/CH2O3.4Na.H3O4P.4H/c2-1(3)4;;;;;1-5(2,3)4;;;;/h(H2,2,3,4);;;;;(H3,1,2,3,4);;;;/q;4*+1;;4*-1. The second-order valence-electron chi connectivity index (χ2n) is 0.796. The predicted octanol–water partition coefficient (Wildman–Crippen LogP) is -12.2. The summed E-state index contributed by atoms with van der Waals surface area (Å²) in [5, 5.41) is 13.9. The van der Waals surface area contributed by atoms with Crippen LogP contribution in [0.1, 0.15) is 5.71 Å². The van der Waals surface area contributed by atoms with Gasteiger partial charge in [0.25, 0.3) is 0 Å². The van der Waals surface area contributed by atoms with E-state index in [1.54, 1.807) is 0 Å². The van der Waals surface area contributed by atoms with Crippen LogP contribution in [-0.2, 0) is 4.57 Å². The molecular weight excluding hydrogens is 247 g/mol. The van der Waals surface area contributed by atoms with E-state index in [4.69, 9.17) is 34.3 Å². The number of carboxylic acid groups (broad SMARTS) is 2. The largest absolute Gasteiger partial charge is 1.00 e. The van der Waals surface area contributed by atoms with Crippen LogP contribution in [0.25, 0.3) is 0 Å². The first-order valence-corrected chi connectivity index (χ1v) is 3.00. The zero-order valence-electron chi connectivity index (χ0n) is 12.0. The third kappa shape index (κ3) is 241. The number of rotatable bonds is 0. The summed E-state index contributed by atoms with van der Waals surface area (Å²) < 4.78 is 8.88. The molecule has 0 amide bonds. The normalized spacial score (nSPS) is 6.38. The van der Waals surface area contributed by atoms with Crippen molar-refractivity contribution < 1.29 is 158 Å². The van der Waals surface area contributed by atoms with Crippen molar-refractivity contribution in [2.45, 2.75) is 0 Å². The monoisotopic (exact) mass is 256 g/mol. The molecule has 0 spiro atoms. The smallest absolute Gasteiger partial charge is 1.00 e. The van der Waals surface area contributed by atoms with Gasteiger partial charge in [-0.2, -0.15) is 0 Å². The summed E-state index contributed by atoms with van der Waals surface area (Å²) in [6, 6.07) is 0. The molecule has 12 heteroatoms. The number of hydrogen-bond acceptors (Lipinski definition) is 2. The van der Waals surface area contributed by atoms with Gasteiger partial charge in [-0.15, -0.1) is 0 Å². The van der Waals surface area contributed by atoms with E-state index in [9.17, 15) is 0 Å². The van der Waals surface area contributed by atoms with E-state index < -0.39 is 14.0 Å². The van der Waals surface area contributed by atoms with Crippen LogP contribution in [0.2, 0.25) is 0 Å². The molecule has 0 unspecified atom stereocenters. The van der Waals surface area contributed by atoms with Crippen molar-refractivity contribution in [2.75, 3.05) is 0 Å². The Hall–Kier alpha value is 3.38. The van der Waals surface area contributed by atoms with Crippen LogP contribution >= 0.6 is 7.82 Å². The summed E-state index contributed by atoms with van der Waals surface area (Å²) in [7, 11) is -4.64. The molecule has 0 aliphatic heterocycles. The van der Waals surface area contributed by atoms with Gasteiger partial charge in [-0.3, -0.25) is 0 Å². The van der Waals surface area contributed by atoms with Crippen molar-refractivity contribution in [3.8, 4) is 0 Å². The number of carbonyl (C=O) groups is 1. The van der Waals surface area contributed by atoms with Gasteiger partial charge in [0.2, 0.25) is 0 Å². The van der Waals surface area contributed by atoms with Gasteiger partial charge in [0.15, 0.2) is 0 Å². The van der Waals surface area contributed by atoms with E-state index in [-0.39, 0.29) is 124 Å². The van der Waals surface area contributed by atoms with E-state index in [2.05, 4.69) is 0 Å². The molecule has 0 radical (unpaired) electrons. The second-order valence-corrected chi connectivity index (χ2v) is 1.82. The molecule has 0 aromatic rings. The summed E-state index contributed by atoms with van der Waals surface area (Å²) >= 11 is 0. The molecular formula is CH9Na4O7P. The van der Waals surface area contributed by atoms with Gasteiger partial charge in [-0.1, -0.05) is 0 Å². The molecule has 0 aliphatic carbocycles. The van der Waals surface area contributed by atoms with E-state index in [0.717, 1.165) is 0 Å². The Kier molecular flexibility index (Phi) is 57.4. The van der Waals surface area contributed by atoms with Crippen molar-refractivity contribution >= 4 is 14.0 Å². The van der Waals surface area contributed by atoms with Crippen LogP contribution in [-0.4, -0.2) is 31.0 Å². The van der Waals surface area contributed by atoms with Crippen LogP contribution in [0.3, 0.4) is 0 Å². The van der Waals surface area contributed by atoms with Gasteiger partial charge >= 0.3 is 132 Å². The Morgan fingerprint density at radius 1 is 0.923 bits per heavy atom. The van der Waals surface area contributed by atoms with Crippen LogP contribution in [0.15, 0.2) is 0 Å². The van der Waals surface area contributed by atoms with Crippen LogP contribution in [0.5, 0.6) is 0 Å². The van der Waals surface area contributed by atoms with Gasteiger partial charge in [-0.25, -0.2) is 9.36 Å². The van der Waals surface area contributed by atoms with Crippen molar-refractivity contribution in [3.05, 3.63) is 0 Å². The van der Waals surface area contributed by atoms with Gasteiger partial charge in [0, 0.05) is 0 Å². The maximum absolute atomic E-state index is 8.88. The van der Waals surface area contributed by atoms with Gasteiger partial charge < -0.3 is 30.6 Å². The Morgan fingerprint density at radius 3 is 0.923 bits per heavy atom.